The maximum atomic E-state index is 12.7. The number of nitrogens with one attached hydrogen (secondary N) is 1. The number of anilines is 1. The number of amides is 2. The van der Waals surface area contributed by atoms with Crippen LogP contribution < -0.4 is 5.32 Å². The quantitative estimate of drug-likeness (QED) is 0.908. The van der Waals surface area contributed by atoms with Crippen LogP contribution in [0, 0.1) is 0 Å². The Morgan fingerprint density at radius 1 is 1.24 bits per heavy atom. The van der Waals surface area contributed by atoms with Gasteiger partial charge in [0.15, 0.2) is 0 Å². The van der Waals surface area contributed by atoms with Crippen molar-refractivity contribution < 1.29 is 9.59 Å². The SMILES string of the molecule is CC1CCCC(C)N1C(=O)CC1C(=O)Nc2ccccc21. The van der Waals surface area contributed by atoms with Crippen LogP contribution in [-0.2, 0) is 9.59 Å². The van der Waals surface area contributed by atoms with Crippen molar-refractivity contribution in [3.8, 4) is 0 Å². The maximum absolute atomic E-state index is 12.7. The van der Waals surface area contributed by atoms with Crippen LogP contribution in [0.4, 0.5) is 5.69 Å². The lowest BCUT2D eigenvalue weighted by Gasteiger charge is -2.39. The van der Waals surface area contributed by atoms with E-state index in [0.717, 1.165) is 24.1 Å². The topological polar surface area (TPSA) is 49.4 Å². The average molecular weight is 286 g/mol. The number of piperidine rings is 1. The second-order valence-corrected chi connectivity index (χ2v) is 6.26. The van der Waals surface area contributed by atoms with Crippen LogP contribution in [0.2, 0.25) is 0 Å². The molecule has 2 aliphatic rings. The number of fused-ring (bicyclic) bond motifs is 1. The standard InChI is InChI=1S/C17H22N2O2/c1-11-6-5-7-12(2)19(11)16(20)10-14-13-8-3-4-9-15(13)18-17(14)21/h3-4,8-9,11-12,14H,5-7,10H2,1-2H3,(H,18,21). The summed E-state index contributed by atoms with van der Waals surface area (Å²) in [6.07, 6.45) is 3.57. The molecule has 0 saturated carbocycles. The molecule has 0 radical (unpaired) electrons. The van der Waals surface area contributed by atoms with Gasteiger partial charge in [0.25, 0.3) is 0 Å². The van der Waals surface area contributed by atoms with Crippen molar-refractivity contribution in [3.63, 3.8) is 0 Å². The van der Waals surface area contributed by atoms with E-state index in [9.17, 15) is 9.59 Å². The number of para-hydroxylation sites is 1. The second kappa shape index (κ2) is 5.51. The Kier molecular flexibility index (Phi) is 3.70. The number of hydrogen-bond donors (Lipinski definition) is 1. The van der Waals surface area contributed by atoms with Crippen LogP contribution in [0.15, 0.2) is 24.3 Å². The second-order valence-electron chi connectivity index (χ2n) is 6.26. The molecule has 0 spiro atoms. The molecule has 2 aliphatic heterocycles. The Morgan fingerprint density at radius 2 is 1.90 bits per heavy atom. The Bertz CT molecular complexity index is 560. The summed E-state index contributed by atoms with van der Waals surface area (Å²) in [6, 6.07) is 8.21. The molecule has 4 heteroatoms. The first kappa shape index (κ1) is 14.1. The van der Waals surface area contributed by atoms with E-state index in [1.807, 2.05) is 29.2 Å². The Balaban J connectivity index is 1.77. The highest BCUT2D eigenvalue weighted by molar-refractivity contribution is 6.04. The average Bonchev–Trinajstić information content (AvgIpc) is 2.75. The third kappa shape index (κ3) is 2.55. The number of benzene rings is 1. The third-order valence-corrected chi connectivity index (χ3v) is 4.77. The predicted molar refractivity (Wildman–Crippen MR) is 82.1 cm³/mol. The summed E-state index contributed by atoms with van der Waals surface area (Å²) in [5.41, 5.74) is 1.80. The molecule has 3 rings (SSSR count). The number of carbonyl (C=O) groups excluding carboxylic acids is 2. The van der Waals surface area contributed by atoms with E-state index in [2.05, 4.69) is 19.2 Å². The normalized spacial score (nSPS) is 28.2. The molecule has 1 N–H and O–H groups in total. The summed E-state index contributed by atoms with van der Waals surface area (Å²) in [6.45, 7) is 4.21. The summed E-state index contributed by atoms with van der Waals surface area (Å²) in [5, 5.41) is 2.87. The van der Waals surface area contributed by atoms with Crippen LogP contribution in [-0.4, -0.2) is 28.8 Å². The largest absolute Gasteiger partial charge is 0.337 e. The monoisotopic (exact) mass is 286 g/mol. The molecule has 112 valence electrons. The minimum absolute atomic E-state index is 0.0538. The van der Waals surface area contributed by atoms with Gasteiger partial charge in [0, 0.05) is 24.2 Å². The summed E-state index contributed by atoms with van der Waals surface area (Å²) in [4.78, 5) is 26.8. The maximum Gasteiger partial charge on any atom is 0.232 e. The molecule has 2 amide bonds. The smallest absolute Gasteiger partial charge is 0.232 e. The lowest BCUT2D eigenvalue weighted by molar-refractivity contribution is -0.139. The van der Waals surface area contributed by atoms with Crippen LogP contribution in [0.3, 0.4) is 0 Å². The van der Waals surface area contributed by atoms with Gasteiger partial charge in [-0.25, -0.2) is 0 Å². The molecule has 0 aliphatic carbocycles. The van der Waals surface area contributed by atoms with Gasteiger partial charge in [-0.1, -0.05) is 18.2 Å². The van der Waals surface area contributed by atoms with E-state index >= 15 is 0 Å². The zero-order valence-corrected chi connectivity index (χ0v) is 12.6. The zero-order chi connectivity index (χ0) is 15.0. The number of nitrogens with zero attached hydrogens (tertiary/aromatic N) is 1. The number of carbonyl (C=O) groups is 2. The molecule has 1 aromatic rings. The summed E-state index contributed by atoms with van der Waals surface area (Å²) < 4.78 is 0. The summed E-state index contributed by atoms with van der Waals surface area (Å²) >= 11 is 0. The third-order valence-electron chi connectivity index (χ3n) is 4.77. The molecule has 1 fully saturated rings. The first-order valence-corrected chi connectivity index (χ1v) is 7.79. The van der Waals surface area contributed by atoms with Gasteiger partial charge in [0.2, 0.25) is 11.8 Å². The van der Waals surface area contributed by atoms with Crippen molar-refractivity contribution in [3.05, 3.63) is 29.8 Å². The van der Waals surface area contributed by atoms with Gasteiger partial charge in [-0.2, -0.15) is 0 Å². The molecule has 0 aromatic heterocycles. The van der Waals surface area contributed by atoms with Gasteiger partial charge < -0.3 is 10.2 Å². The van der Waals surface area contributed by atoms with E-state index < -0.39 is 0 Å². The first-order chi connectivity index (χ1) is 10.1. The van der Waals surface area contributed by atoms with E-state index in [-0.39, 0.29) is 36.2 Å². The summed E-state index contributed by atoms with van der Waals surface area (Å²) in [5.74, 6) is -0.288. The number of likely N-dealkylation sites (tertiary alicyclic amines) is 1. The van der Waals surface area contributed by atoms with Gasteiger partial charge in [0.05, 0.1) is 5.92 Å². The molecule has 1 aromatic carbocycles. The van der Waals surface area contributed by atoms with Crippen LogP contribution >= 0.6 is 0 Å². The minimum Gasteiger partial charge on any atom is -0.337 e. The molecule has 0 bridgehead atoms. The van der Waals surface area contributed by atoms with Gasteiger partial charge in [-0.05, 0) is 44.7 Å². The highest BCUT2D eigenvalue weighted by atomic mass is 16.2. The van der Waals surface area contributed by atoms with Gasteiger partial charge in [0.1, 0.15) is 0 Å². The van der Waals surface area contributed by atoms with E-state index in [4.69, 9.17) is 0 Å². The van der Waals surface area contributed by atoms with Crippen molar-refractivity contribution >= 4 is 17.5 Å². The molecule has 4 nitrogen and oxygen atoms in total. The van der Waals surface area contributed by atoms with E-state index in [1.54, 1.807) is 0 Å². The van der Waals surface area contributed by atoms with Crippen molar-refractivity contribution in [2.45, 2.75) is 57.5 Å². The molecule has 3 unspecified atom stereocenters. The number of hydrogen-bond acceptors (Lipinski definition) is 2. The van der Waals surface area contributed by atoms with Crippen molar-refractivity contribution in [1.82, 2.24) is 4.90 Å². The Labute approximate surface area is 125 Å². The van der Waals surface area contributed by atoms with E-state index in [0.29, 0.717) is 0 Å². The van der Waals surface area contributed by atoms with Crippen molar-refractivity contribution in [2.24, 2.45) is 0 Å². The van der Waals surface area contributed by atoms with Gasteiger partial charge in [-0.15, -0.1) is 0 Å². The van der Waals surface area contributed by atoms with Crippen LogP contribution in [0.5, 0.6) is 0 Å². The van der Waals surface area contributed by atoms with Crippen LogP contribution in [0.1, 0.15) is 51.0 Å². The van der Waals surface area contributed by atoms with Crippen molar-refractivity contribution in [1.29, 1.82) is 0 Å². The lowest BCUT2D eigenvalue weighted by Crippen LogP contribution is -2.48. The Morgan fingerprint density at radius 3 is 2.62 bits per heavy atom. The predicted octanol–water partition coefficient (Wildman–Crippen LogP) is 2.90. The van der Waals surface area contributed by atoms with Gasteiger partial charge in [-0.3, -0.25) is 9.59 Å². The molecular formula is C17H22N2O2. The minimum atomic E-state index is -0.338. The number of rotatable bonds is 2. The molecule has 21 heavy (non-hydrogen) atoms. The Hall–Kier alpha value is -1.84. The zero-order valence-electron chi connectivity index (χ0n) is 12.6. The van der Waals surface area contributed by atoms with E-state index in [1.165, 1.54) is 6.42 Å². The molecule has 1 saturated heterocycles. The highest BCUT2D eigenvalue weighted by Crippen LogP contribution is 2.35. The van der Waals surface area contributed by atoms with Crippen molar-refractivity contribution in [2.75, 3.05) is 5.32 Å². The fraction of sp³-hybridized carbons (Fsp3) is 0.529. The summed E-state index contributed by atoms with van der Waals surface area (Å²) in [7, 11) is 0. The lowest BCUT2D eigenvalue weighted by atomic mass is 9.93. The highest BCUT2D eigenvalue weighted by Gasteiger charge is 2.36. The molecule has 3 atom stereocenters. The fourth-order valence-corrected chi connectivity index (χ4v) is 3.67. The molecular weight excluding hydrogens is 264 g/mol. The van der Waals surface area contributed by atoms with Gasteiger partial charge >= 0.3 is 0 Å². The van der Waals surface area contributed by atoms with Crippen LogP contribution in [0.25, 0.3) is 0 Å². The molecule has 2 heterocycles. The fourth-order valence-electron chi connectivity index (χ4n) is 3.67. The first-order valence-electron chi connectivity index (χ1n) is 7.79.